The number of aryl methyl sites for hydroxylation is 3. The van der Waals surface area contributed by atoms with Crippen molar-refractivity contribution in [2.24, 2.45) is 0 Å². The summed E-state index contributed by atoms with van der Waals surface area (Å²) >= 11 is 0. The molecular weight excluding hydrogens is 400 g/mol. The highest BCUT2D eigenvalue weighted by Crippen LogP contribution is 2.37. The molecule has 2 amide bonds. The molecule has 1 aliphatic heterocycles. The summed E-state index contributed by atoms with van der Waals surface area (Å²) in [4.78, 5) is 28.5. The summed E-state index contributed by atoms with van der Waals surface area (Å²) in [7, 11) is 1.56. The molecular formula is C27H26N2O3. The fourth-order valence-electron chi connectivity index (χ4n) is 3.87. The number of methoxy groups -OCH3 is 1. The molecule has 5 nitrogen and oxygen atoms in total. The molecule has 1 N–H and O–H groups in total. The number of anilines is 2. The van der Waals surface area contributed by atoms with Gasteiger partial charge in [-0.25, -0.2) is 4.90 Å². The number of imide groups is 1. The molecule has 0 aliphatic carbocycles. The molecule has 0 spiro atoms. The molecule has 3 aromatic carbocycles. The molecule has 1 heterocycles. The van der Waals surface area contributed by atoms with Gasteiger partial charge in [-0.15, -0.1) is 0 Å². The maximum Gasteiger partial charge on any atom is 0.282 e. The van der Waals surface area contributed by atoms with Crippen molar-refractivity contribution in [1.29, 1.82) is 0 Å². The van der Waals surface area contributed by atoms with Gasteiger partial charge in [0, 0.05) is 11.3 Å². The van der Waals surface area contributed by atoms with Crippen LogP contribution in [0.3, 0.4) is 0 Å². The van der Waals surface area contributed by atoms with Gasteiger partial charge < -0.3 is 10.1 Å². The maximum absolute atomic E-state index is 13.6. The fourth-order valence-corrected chi connectivity index (χ4v) is 3.87. The second kappa shape index (κ2) is 8.71. The van der Waals surface area contributed by atoms with Crippen LogP contribution in [0.1, 0.15) is 29.2 Å². The average molecular weight is 427 g/mol. The standard InChI is InChI=1S/C27H26N2O3/c1-5-19-12-14-20(15-13-19)29-26(30)24(21-8-6-7-9-23(21)32-4)25(27(29)31)28-22-16-17(2)10-11-18(22)3/h6-16,28H,5H2,1-4H3. The largest absolute Gasteiger partial charge is 0.496 e. The van der Waals surface area contributed by atoms with Gasteiger partial charge in [-0.3, -0.25) is 9.59 Å². The molecule has 5 heteroatoms. The molecule has 0 unspecified atom stereocenters. The van der Waals surface area contributed by atoms with E-state index >= 15 is 0 Å². The van der Waals surface area contributed by atoms with Gasteiger partial charge >= 0.3 is 0 Å². The lowest BCUT2D eigenvalue weighted by Crippen LogP contribution is -2.32. The Labute approximate surface area is 188 Å². The van der Waals surface area contributed by atoms with Gasteiger partial charge in [0.1, 0.15) is 11.4 Å². The minimum absolute atomic E-state index is 0.243. The molecule has 3 aromatic rings. The van der Waals surface area contributed by atoms with E-state index in [2.05, 4.69) is 12.2 Å². The second-order valence-electron chi connectivity index (χ2n) is 7.86. The number of carbonyl (C=O) groups excluding carboxylic acids is 2. The van der Waals surface area contributed by atoms with E-state index in [4.69, 9.17) is 4.74 Å². The Hall–Kier alpha value is -3.86. The van der Waals surface area contributed by atoms with E-state index in [1.54, 1.807) is 19.2 Å². The van der Waals surface area contributed by atoms with Gasteiger partial charge in [-0.1, -0.05) is 49.4 Å². The lowest BCUT2D eigenvalue weighted by atomic mass is 10.0. The molecule has 162 valence electrons. The number of rotatable bonds is 6. The number of benzene rings is 3. The molecule has 0 saturated heterocycles. The minimum atomic E-state index is -0.388. The van der Waals surface area contributed by atoms with Crippen LogP contribution in [0.5, 0.6) is 5.75 Å². The van der Waals surface area contributed by atoms with E-state index in [9.17, 15) is 9.59 Å². The molecule has 0 fully saturated rings. The molecule has 0 atom stereocenters. The van der Waals surface area contributed by atoms with Gasteiger partial charge in [-0.2, -0.15) is 0 Å². The van der Waals surface area contributed by atoms with Gasteiger partial charge in [0.05, 0.1) is 18.4 Å². The monoisotopic (exact) mass is 426 g/mol. The van der Waals surface area contributed by atoms with Crippen LogP contribution in [-0.4, -0.2) is 18.9 Å². The molecule has 1 aliphatic rings. The van der Waals surface area contributed by atoms with Crippen molar-refractivity contribution in [3.63, 3.8) is 0 Å². The molecule has 0 aromatic heterocycles. The third-order valence-corrected chi connectivity index (χ3v) is 5.72. The van der Waals surface area contributed by atoms with Crippen molar-refractivity contribution in [2.75, 3.05) is 17.3 Å². The van der Waals surface area contributed by atoms with Gasteiger partial charge in [0.2, 0.25) is 0 Å². The van der Waals surface area contributed by atoms with Crippen LogP contribution >= 0.6 is 0 Å². The summed E-state index contributed by atoms with van der Waals surface area (Å²) in [6.07, 6.45) is 0.881. The number of carbonyl (C=O) groups is 2. The number of ether oxygens (including phenoxy) is 1. The summed E-state index contributed by atoms with van der Waals surface area (Å²) in [6.45, 7) is 6.02. The summed E-state index contributed by atoms with van der Waals surface area (Å²) in [6, 6.07) is 20.7. The summed E-state index contributed by atoms with van der Waals surface area (Å²) in [5.41, 5.74) is 5.63. The number of hydrogen-bond donors (Lipinski definition) is 1. The quantitative estimate of drug-likeness (QED) is 0.546. The number of nitrogens with one attached hydrogen (secondary N) is 1. The van der Waals surface area contributed by atoms with Crippen LogP contribution < -0.4 is 15.0 Å². The Morgan fingerprint density at radius 3 is 2.31 bits per heavy atom. The van der Waals surface area contributed by atoms with Crippen LogP contribution in [0, 0.1) is 13.8 Å². The first kappa shape index (κ1) is 21.4. The third kappa shape index (κ3) is 3.78. The number of nitrogens with zero attached hydrogens (tertiary/aromatic N) is 1. The van der Waals surface area contributed by atoms with E-state index < -0.39 is 0 Å². The molecule has 0 saturated carbocycles. The van der Waals surface area contributed by atoms with Crippen molar-refractivity contribution >= 4 is 28.8 Å². The molecule has 32 heavy (non-hydrogen) atoms. The van der Waals surface area contributed by atoms with E-state index in [1.807, 2.05) is 68.4 Å². The predicted molar refractivity (Wildman–Crippen MR) is 128 cm³/mol. The van der Waals surface area contributed by atoms with Gasteiger partial charge in [-0.05, 0) is 61.2 Å². The van der Waals surface area contributed by atoms with E-state index in [0.717, 1.165) is 28.8 Å². The lowest BCUT2D eigenvalue weighted by molar-refractivity contribution is -0.120. The summed E-state index contributed by atoms with van der Waals surface area (Å²) in [5, 5.41) is 3.26. The zero-order valence-electron chi connectivity index (χ0n) is 18.7. The Bertz CT molecular complexity index is 1230. The van der Waals surface area contributed by atoms with Crippen LogP contribution in [-0.2, 0) is 16.0 Å². The number of para-hydroxylation sites is 1. The Kier molecular flexibility index (Phi) is 5.82. The first-order chi connectivity index (χ1) is 15.4. The topological polar surface area (TPSA) is 58.6 Å². The highest BCUT2D eigenvalue weighted by atomic mass is 16.5. The van der Waals surface area contributed by atoms with Crippen molar-refractivity contribution in [3.05, 3.63) is 94.7 Å². The second-order valence-corrected chi connectivity index (χ2v) is 7.86. The molecule has 0 radical (unpaired) electrons. The fraction of sp³-hybridized carbons (Fsp3) is 0.185. The smallest absolute Gasteiger partial charge is 0.282 e. The highest BCUT2D eigenvalue weighted by Gasteiger charge is 2.41. The van der Waals surface area contributed by atoms with Crippen LogP contribution in [0.25, 0.3) is 5.57 Å². The molecule has 4 rings (SSSR count). The number of hydrogen-bond acceptors (Lipinski definition) is 4. The lowest BCUT2D eigenvalue weighted by Gasteiger charge is -2.16. The van der Waals surface area contributed by atoms with Crippen molar-refractivity contribution in [3.8, 4) is 5.75 Å². The Morgan fingerprint density at radius 2 is 1.62 bits per heavy atom. The van der Waals surface area contributed by atoms with Crippen molar-refractivity contribution in [1.82, 2.24) is 0 Å². The zero-order chi connectivity index (χ0) is 22.8. The third-order valence-electron chi connectivity index (χ3n) is 5.72. The maximum atomic E-state index is 13.6. The number of amides is 2. The SMILES string of the molecule is CCc1ccc(N2C(=O)C(Nc3cc(C)ccc3C)=C(c3ccccc3OC)C2=O)cc1. The van der Waals surface area contributed by atoms with Gasteiger partial charge in [0.15, 0.2) is 0 Å². The highest BCUT2D eigenvalue weighted by molar-refractivity contribution is 6.46. The van der Waals surface area contributed by atoms with Crippen LogP contribution in [0.2, 0.25) is 0 Å². The predicted octanol–water partition coefficient (Wildman–Crippen LogP) is 5.27. The summed E-state index contributed by atoms with van der Waals surface area (Å²) < 4.78 is 5.51. The van der Waals surface area contributed by atoms with Crippen LogP contribution in [0.4, 0.5) is 11.4 Å². The Morgan fingerprint density at radius 1 is 0.906 bits per heavy atom. The van der Waals surface area contributed by atoms with E-state index in [1.165, 1.54) is 4.90 Å². The zero-order valence-corrected chi connectivity index (χ0v) is 18.7. The van der Waals surface area contributed by atoms with Crippen molar-refractivity contribution < 1.29 is 14.3 Å². The van der Waals surface area contributed by atoms with E-state index in [-0.39, 0.29) is 17.5 Å². The first-order valence-corrected chi connectivity index (χ1v) is 10.6. The average Bonchev–Trinajstić information content (AvgIpc) is 3.05. The van der Waals surface area contributed by atoms with Gasteiger partial charge in [0.25, 0.3) is 11.8 Å². The summed E-state index contributed by atoms with van der Waals surface area (Å²) in [5.74, 6) is -0.232. The Balaban J connectivity index is 1.86. The van der Waals surface area contributed by atoms with E-state index in [0.29, 0.717) is 22.6 Å². The normalized spacial score (nSPS) is 13.7. The first-order valence-electron chi connectivity index (χ1n) is 10.6. The van der Waals surface area contributed by atoms with Crippen molar-refractivity contribution in [2.45, 2.75) is 27.2 Å². The minimum Gasteiger partial charge on any atom is -0.496 e. The molecule has 0 bridgehead atoms. The van der Waals surface area contributed by atoms with Crippen LogP contribution in [0.15, 0.2) is 72.4 Å².